The highest BCUT2D eigenvalue weighted by Crippen LogP contribution is 2.37. The Hall–Kier alpha value is -3.76. The van der Waals surface area contributed by atoms with Crippen molar-refractivity contribution in [1.29, 1.82) is 0 Å². The van der Waals surface area contributed by atoms with E-state index in [0.29, 0.717) is 18.0 Å². The first kappa shape index (κ1) is 23.4. The average molecular weight is 475 g/mol. The van der Waals surface area contributed by atoms with Gasteiger partial charge in [-0.25, -0.2) is 14.3 Å². The molecular formula is C23H24F3N5O3. The van der Waals surface area contributed by atoms with Gasteiger partial charge in [-0.3, -0.25) is 4.57 Å². The molecule has 1 aliphatic carbocycles. The summed E-state index contributed by atoms with van der Waals surface area (Å²) in [4.78, 5) is 25.0. The second kappa shape index (κ2) is 9.62. The zero-order valence-electron chi connectivity index (χ0n) is 18.4. The van der Waals surface area contributed by atoms with Crippen LogP contribution in [-0.2, 0) is 12.7 Å². The van der Waals surface area contributed by atoms with Gasteiger partial charge >= 0.3 is 17.9 Å². The largest absolute Gasteiger partial charge is 0.494 e. The van der Waals surface area contributed by atoms with Crippen LogP contribution in [0.15, 0.2) is 53.3 Å². The molecule has 8 nitrogen and oxygen atoms in total. The Kier molecular flexibility index (Phi) is 6.62. The van der Waals surface area contributed by atoms with Gasteiger partial charge in [-0.05, 0) is 56.2 Å². The molecule has 1 heterocycles. The maximum atomic E-state index is 13.1. The second-order valence-corrected chi connectivity index (χ2v) is 7.85. The van der Waals surface area contributed by atoms with Crippen LogP contribution in [0.5, 0.6) is 5.75 Å². The van der Waals surface area contributed by atoms with Gasteiger partial charge in [0.1, 0.15) is 5.75 Å². The number of carbonyl (C=O) groups is 1. The Bertz CT molecular complexity index is 1210. The quantitative estimate of drug-likeness (QED) is 0.509. The number of nitrogens with one attached hydrogen (secondary N) is 2. The number of nitrogens with zero attached hydrogens (tertiary/aromatic N) is 3. The third kappa shape index (κ3) is 5.41. The monoisotopic (exact) mass is 475 g/mol. The molecule has 0 saturated heterocycles. The minimum absolute atomic E-state index is 0.0706. The van der Waals surface area contributed by atoms with Gasteiger partial charge in [0.15, 0.2) is 5.82 Å². The summed E-state index contributed by atoms with van der Waals surface area (Å²) in [6, 6.07) is 11.1. The second-order valence-electron chi connectivity index (χ2n) is 7.85. The number of ether oxygens (including phenoxy) is 1. The van der Waals surface area contributed by atoms with E-state index in [1.54, 1.807) is 24.3 Å². The molecule has 1 saturated carbocycles. The topological polar surface area (TPSA) is 90.2 Å². The van der Waals surface area contributed by atoms with Crippen molar-refractivity contribution in [2.45, 2.75) is 38.5 Å². The Morgan fingerprint density at radius 2 is 1.91 bits per heavy atom. The molecule has 0 atom stereocenters. The van der Waals surface area contributed by atoms with E-state index in [2.05, 4.69) is 15.7 Å². The number of aromatic nitrogens is 3. The third-order valence-electron chi connectivity index (χ3n) is 5.26. The van der Waals surface area contributed by atoms with Gasteiger partial charge < -0.3 is 15.4 Å². The van der Waals surface area contributed by atoms with Crippen molar-refractivity contribution in [2.24, 2.45) is 0 Å². The molecule has 1 aliphatic rings. The number of hydrogen-bond acceptors (Lipinski definition) is 4. The number of amides is 2. The smallest absolute Gasteiger partial charge is 0.416 e. The highest BCUT2D eigenvalue weighted by atomic mass is 19.4. The minimum Gasteiger partial charge on any atom is -0.494 e. The van der Waals surface area contributed by atoms with Gasteiger partial charge in [0, 0.05) is 23.8 Å². The summed E-state index contributed by atoms with van der Waals surface area (Å²) in [5.74, 6) is 0.882. The predicted molar refractivity (Wildman–Crippen MR) is 120 cm³/mol. The van der Waals surface area contributed by atoms with E-state index in [0.717, 1.165) is 25.0 Å². The van der Waals surface area contributed by atoms with Gasteiger partial charge in [0.2, 0.25) is 0 Å². The van der Waals surface area contributed by atoms with E-state index >= 15 is 0 Å². The van der Waals surface area contributed by atoms with Crippen molar-refractivity contribution in [3.8, 4) is 17.1 Å². The molecule has 3 aromatic rings. The maximum Gasteiger partial charge on any atom is 0.416 e. The van der Waals surface area contributed by atoms with Crippen LogP contribution in [-0.4, -0.2) is 33.5 Å². The molecule has 2 aromatic carbocycles. The van der Waals surface area contributed by atoms with E-state index < -0.39 is 23.5 Å². The number of halogens is 3. The summed E-state index contributed by atoms with van der Waals surface area (Å²) < 4.78 is 47.4. The average Bonchev–Trinajstić information content (AvgIpc) is 3.58. The van der Waals surface area contributed by atoms with E-state index in [9.17, 15) is 22.8 Å². The zero-order valence-corrected chi connectivity index (χ0v) is 18.4. The fourth-order valence-electron chi connectivity index (χ4n) is 3.51. The van der Waals surface area contributed by atoms with Crippen molar-refractivity contribution in [3.63, 3.8) is 0 Å². The number of benzene rings is 2. The molecule has 1 aromatic heterocycles. The summed E-state index contributed by atoms with van der Waals surface area (Å²) in [7, 11) is 0. The molecule has 0 spiro atoms. The molecular weight excluding hydrogens is 451 g/mol. The molecule has 2 amide bonds. The van der Waals surface area contributed by atoms with E-state index in [4.69, 9.17) is 4.74 Å². The van der Waals surface area contributed by atoms with Gasteiger partial charge in [-0.15, -0.1) is 5.10 Å². The van der Waals surface area contributed by atoms with Crippen LogP contribution in [0.2, 0.25) is 0 Å². The number of anilines is 1. The van der Waals surface area contributed by atoms with E-state index in [1.807, 2.05) is 6.92 Å². The zero-order chi connectivity index (χ0) is 24.3. The number of urea groups is 1. The summed E-state index contributed by atoms with van der Waals surface area (Å²) in [5, 5.41) is 9.61. The van der Waals surface area contributed by atoms with Crippen LogP contribution in [0.25, 0.3) is 11.4 Å². The molecule has 0 bridgehead atoms. The highest BCUT2D eigenvalue weighted by molar-refractivity contribution is 5.89. The summed E-state index contributed by atoms with van der Waals surface area (Å²) >= 11 is 0. The van der Waals surface area contributed by atoms with Crippen molar-refractivity contribution in [3.05, 3.63) is 64.6 Å². The lowest BCUT2D eigenvalue weighted by molar-refractivity contribution is -0.137. The number of hydrogen-bond donors (Lipinski definition) is 2. The Labute approximate surface area is 193 Å². The lowest BCUT2D eigenvalue weighted by Crippen LogP contribution is -2.34. The van der Waals surface area contributed by atoms with Crippen molar-refractivity contribution in [1.82, 2.24) is 19.7 Å². The molecule has 180 valence electrons. The van der Waals surface area contributed by atoms with Crippen LogP contribution in [0.4, 0.5) is 23.7 Å². The molecule has 2 N–H and O–H groups in total. The van der Waals surface area contributed by atoms with Gasteiger partial charge in [-0.1, -0.05) is 12.1 Å². The number of carbonyl (C=O) groups excluding carboxylic acids is 1. The first-order valence-corrected chi connectivity index (χ1v) is 10.9. The van der Waals surface area contributed by atoms with Crippen LogP contribution < -0.4 is 21.1 Å². The molecule has 0 radical (unpaired) electrons. The van der Waals surface area contributed by atoms with Gasteiger partial charge in [0.05, 0.1) is 18.7 Å². The van der Waals surface area contributed by atoms with Gasteiger partial charge in [0.25, 0.3) is 0 Å². The van der Waals surface area contributed by atoms with Crippen molar-refractivity contribution in [2.75, 3.05) is 18.5 Å². The standard InChI is InChI=1S/C23H24F3N5O3/c1-2-34-19-10-6-17(7-11-19)28-21(32)27-12-13-30-22(33)31(18-8-9-18)20(29-30)15-4-3-5-16(14-15)23(24,25)26/h3-7,10-11,14,18H,2,8-9,12-13H2,1H3,(H2,27,28,32). The SMILES string of the molecule is CCOc1ccc(NC(=O)NCCn2nc(-c3cccc(C(F)(F)F)c3)n(C3CC3)c2=O)cc1. The third-order valence-corrected chi connectivity index (χ3v) is 5.26. The highest BCUT2D eigenvalue weighted by Gasteiger charge is 2.33. The number of alkyl halides is 3. The molecule has 0 aliphatic heterocycles. The van der Waals surface area contributed by atoms with Gasteiger partial charge in [-0.2, -0.15) is 13.2 Å². The number of rotatable bonds is 8. The lowest BCUT2D eigenvalue weighted by atomic mass is 10.1. The Morgan fingerprint density at radius 1 is 1.18 bits per heavy atom. The first-order valence-electron chi connectivity index (χ1n) is 10.9. The molecule has 1 fully saturated rings. The first-order chi connectivity index (χ1) is 16.3. The van der Waals surface area contributed by atoms with Crippen LogP contribution in [0.1, 0.15) is 31.4 Å². The van der Waals surface area contributed by atoms with Crippen LogP contribution >= 0.6 is 0 Å². The van der Waals surface area contributed by atoms with Crippen molar-refractivity contribution >= 4 is 11.7 Å². The van der Waals surface area contributed by atoms with Crippen molar-refractivity contribution < 1.29 is 22.7 Å². The maximum absolute atomic E-state index is 13.1. The normalized spacial score (nSPS) is 13.5. The summed E-state index contributed by atoms with van der Waals surface area (Å²) in [5.41, 5.74) is -0.424. The summed E-state index contributed by atoms with van der Waals surface area (Å²) in [6.07, 6.45) is -2.97. The van der Waals surface area contributed by atoms with E-state index in [-0.39, 0.29) is 30.5 Å². The minimum atomic E-state index is -4.50. The lowest BCUT2D eigenvalue weighted by Gasteiger charge is -2.09. The Balaban J connectivity index is 1.43. The molecule has 34 heavy (non-hydrogen) atoms. The Morgan fingerprint density at radius 3 is 2.56 bits per heavy atom. The molecule has 11 heteroatoms. The fourth-order valence-corrected chi connectivity index (χ4v) is 3.51. The van der Waals surface area contributed by atoms with E-state index in [1.165, 1.54) is 21.4 Å². The summed E-state index contributed by atoms with van der Waals surface area (Å²) in [6.45, 7) is 2.59. The fraction of sp³-hybridized carbons (Fsp3) is 0.348. The van der Waals surface area contributed by atoms with Crippen LogP contribution in [0, 0.1) is 0 Å². The molecule has 0 unspecified atom stereocenters. The predicted octanol–water partition coefficient (Wildman–Crippen LogP) is 4.29. The molecule has 4 rings (SSSR count). The van der Waals surface area contributed by atoms with Crippen LogP contribution in [0.3, 0.4) is 0 Å².